The quantitative estimate of drug-likeness (QED) is 0.787. The summed E-state index contributed by atoms with van der Waals surface area (Å²) in [5, 5.41) is 10.7. The molecule has 2 heterocycles. The normalized spacial score (nSPS) is 14.9. The van der Waals surface area contributed by atoms with Crippen molar-refractivity contribution in [1.82, 2.24) is 25.0 Å². The fraction of sp³-hybridized carbons (Fsp3) is 0.400. The van der Waals surface area contributed by atoms with E-state index in [0.29, 0.717) is 17.6 Å². The first kappa shape index (κ1) is 10.0. The largest absolute Gasteiger partial charge is 0.464 e. The molecule has 0 aliphatic heterocycles. The SMILES string of the molecule is COC(=O)c1cc(C2CC2)n(-c2ncn[nH]2)n1. The molecule has 0 atom stereocenters. The lowest BCUT2D eigenvalue weighted by Crippen LogP contribution is -2.06. The summed E-state index contributed by atoms with van der Waals surface area (Å²) in [6.07, 6.45) is 3.63. The summed E-state index contributed by atoms with van der Waals surface area (Å²) in [6, 6.07) is 1.76. The molecule has 2 aromatic rings. The van der Waals surface area contributed by atoms with Crippen LogP contribution >= 0.6 is 0 Å². The van der Waals surface area contributed by atoms with E-state index >= 15 is 0 Å². The summed E-state index contributed by atoms with van der Waals surface area (Å²) in [6.45, 7) is 0. The number of esters is 1. The van der Waals surface area contributed by atoms with Crippen LogP contribution in [0.2, 0.25) is 0 Å². The number of ether oxygens (including phenoxy) is 1. The first-order valence-electron chi connectivity index (χ1n) is 5.33. The fourth-order valence-corrected chi connectivity index (χ4v) is 1.74. The first-order valence-corrected chi connectivity index (χ1v) is 5.33. The summed E-state index contributed by atoms with van der Waals surface area (Å²) in [4.78, 5) is 15.5. The van der Waals surface area contributed by atoms with Crippen molar-refractivity contribution in [3.8, 4) is 5.95 Å². The molecule has 1 aliphatic carbocycles. The van der Waals surface area contributed by atoms with Crippen molar-refractivity contribution in [2.24, 2.45) is 0 Å². The van der Waals surface area contributed by atoms with E-state index in [-0.39, 0.29) is 0 Å². The predicted octanol–water partition coefficient (Wildman–Crippen LogP) is 0.654. The van der Waals surface area contributed by atoms with Crippen LogP contribution < -0.4 is 0 Å². The molecule has 0 aromatic carbocycles. The molecule has 0 saturated heterocycles. The second-order valence-electron chi connectivity index (χ2n) is 3.94. The smallest absolute Gasteiger partial charge is 0.358 e. The van der Waals surface area contributed by atoms with Crippen molar-refractivity contribution >= 4 is 5.97 Å². The molecule has 0 spiro atoms. The van der Waals surface area contributed by atoms with E-state index in [9.17, 15) is 4.79 Å². The van der Waals surface area contributed by atoms with E-state index in [1.54, 1.807) is 10.7 Å². The van der Waals surface area contributed by atoms with Gasteiger partial charge in [0.05, 0.1) is 12.8 Å². The van der Waals surface area contributed by atoms with Gasteiger partial charge >= 0.3 is 5.97 Å². The average molecular weight is 233 g/mol. The maximum Gasteiger partial charge on any atom is 0.358 e. The Morgan fingerprint density at radius 1 is 1.59 bits per heavy atom. The summed E-state index contributed by atoms with van der Waals surface area (Å²) < 4.78 is 6.28. The van der Waals surface area contributed by atoms with Crippen LogP contribution in [0.5, 0.6) is 0 Å². The third-order valence-electron chi connectivity index (χ3n) is 2.73. The van der Waals surface area contributed by atoms with Crippen LogP contribution in [-0.2, 0) is 4.74 Å². The molecule has 0 amide bonds. The third-order valence-corrected chi connectivity index (χ3v) is 2.73. The number of aromatic nitrogens is 5. The molecule has 1 aliphatic rings. The molecule has 1 N–H and O–H groups in total. The zero-order valence-corrected chi connectivity index (χ0v) is 9.25. The van der Waals surface area contributed by atoms with Crippen LogP contribution in [0.3, 0.4) is 0 Å². The number of hydrogen-bond acceptors (Lipinski definition) is 5. The van der Waals surface area contributed by atoms with Gasteiger partial charge in [0.15, 0.2) is 5.69 Å². The van der Waals surface area contributed by atoms with E-state index in [1.807, 2.05) is 0 Å². The molecule has 17 heavy (non-hydrogen) atoms. The molecule has 7 heteroatoms. The summed E-state index contributed by atoms with van der Waals surface area (Å²) >= 11 is 0. The summed E-state index contributed by atoms with van der Waals surface area (Å²) in [7, 11) is 1.34. The minimum Gasteiger partial charge on any atom is -0.464 e. The number of nitrogens with zero attached hydrogens (tertiary/aromatic N) is 4. The van der Waals surface area contributed by atoms with E-state index in [4.69, 9.17) is 0 Å². The van der Waals surface area contributed by atoms with Gasteiger partial charge < -0.3 is 4.74 Å². The molecule has 2 aromatic heterocycles. The van der Waals surface area contributed by atoms with Crippen molar-refractivity contribution in [2.45, 2.75) is 18.8 Å². The molecule has 1 fully saturated rings. The second kappa shape index (κ2) is 3.69. The summed E-state index contributed by atoms with van der Waals surface area (Å²) in [5.41, 5.74) is 1.27. The van der Waals surface area contributed by atoms with Crippen molar-refractivity contribution in [2.75, 3.05) is 7.11 Å². The van der Waals surface area contributed by atoms with Crippen LogP contribution in [0.25, 0.3) is 5.95 Å². The zero-order valence-electron chi connectivity index (χ0n) is 9.25. The van der Waals surface area contributed by atoms with Gasteiger partial charge in [-0.1, -0.05) is 0 Å². The molecule has 88 valence electrons. The zero-order chi connectivity index (χ0) is 11.8. The first-order chi connectivity index (χ1) is 8.29. The second-order valence-corrected chi connectivity index (χ2v) is 3.94. The Morgan fingerprint density at radius 2 is 2.41 bits per heavy atom. The average Bonchev–Trinajstić information content (AvgIpc) is 2.90. The standard InChI is InChI=1S/C10H11N5O2/c1-17-9(16)7-4-8(6-2-3-6)15(14-7)10-11-5-12-13-10/h4-6H,2-3H2,1H3,(H,11,12,13). The Kier molecular flexibility index (Phi) is 2.17. The third kappa shape index (κ3) is 1.69. The highest BCUT2D eigenvalue weighted by atomic mass is 16.5. The van der Waals surface area contributed by atoms with E-state index in [1.165, 1.54) is 13.4 Å². The maximum atomic E-state index is 11.4. The van der Waals surface area contributed by atoms with Gasteiger partial charge in [-0.3, -0.25) is 0 Å². The van der Waals surface area contributed by atoms with Crippen molar-refractivity contribution in [3.05, 3.63) is 23.8 Å². The van der Waals surface area contributed by atoms with E-state index in [2.05, 4.69) is 25.0 Å². The predicted molar refractivity (Wildman–Crippen MR) is 56.8 cm³/mol. The number of aromatic amines is 1. The van der Waals surface area contributed by atoms with Gasteiger partial charge in [-0.2, -0.15) is 15.2 Å². The molecule has 3 rings (SSSR count). The van der Waals surface area contributed by atoms with Crippen LogP contribution in [0.4, 0.5) is 0 Å². The van der Waals surface area contributed by atoms with Gasteiger partial charge in [-0.15, -0.1) is 0 Å². The van der Waals surface area contributed by atoms with Crippen LogP contribution in [0.15, 0.2) is 12.4 Å². The lowest BCUT2D eigenvalue weighted by molar-refractivity contribution is 0.0593. The van der Waals surface area contributed by atoms with Crippen LogP contribution in [-0.4, -0.2) is 38.0 Å². The fourth-order valence-electron chi connectivity index (χ4n) is 1.74. The number of carbonyl (C=O) groups is 1. The minimum absolute atomic E-state index is 0.297. The van der Waals surface area contributed by atoms with Gasteiger partial charge in [-0.25, -0.2) is 14.6 Å². The lowest BCUT2D eigenvalue weighted by Gasteiger charge is -2.00. The van der Waals surface area contributed by atoms with Crippen LogP contribution in [0, 0.1) is 0 Å². The summed E-state index contributed by atoms with van der Waals surface area (Å²) in [5.74, 6) is 0.526. The van der Waals surface area contributed by atoms with Gasteiger partial charge in [0.1, 0.15) is 6.33 Å². The van der Waals surface area contributed by atoms with E-state index < -0.39 is 5.97 Å². The van der Waals surface area contributed by atoms with Gasteiger partial charge in [0, 0.05) is 5.92 Å². The number of carbonyl (C=O) groups excluding carboxylic acids is 1. The monoisotopic (exact) mass is 233 g/mol. The molecule has 0 radical (unpaired) electrons. The molecular formula is C10H11N5O2. The topological polar surface area (TPSA) is 85.7 Å². The van der Waals surface area contributed by atoms with Crippen molar-refractivity contribution in [3.63, 3.8) is 0 Å². The van der Waals surface area contributed by atoms with Crippen molar-refractivity contribution in [1.29, 1.82) is 0 Å². The van der Waals surface area contributed by atoms with Crippen molar-refractivity contribution < 1.29 is 9.53 Å². The Balaban J connectivity index is 2.06. The molecule has 0 unspecified atom stereocenters. The molecular weight excluding hydrogens is 222 g/mol. The maximum absolute atomic E-state index is 11.4. The Bertz CT molecular complexity index is 541. The number of methoxy groups -OCH3 is 1. The highest BCUT2D eigenvalue weighted by Gasteiger charge is 2.30. The molecule has 0 bridgehead atoms. The van der Waals surface area contributed by atoms with Gasteiger partial charge in [-0.05, 0) is 18.9 Å². The Labute approximate surface area is 96.8 Å². The number of H-pyrrole nitrogens is 1. The number of rotatable bonds is 3. The number of nitrogens with one attached hydrogen (secondary N) is 1. The number of hydrogen-bond donors (Lipinski definition) is 1. The lowest BCUT2D eigenvalue weighted by atomic mass is 10.2. The highest BCUT2D eigenvalue weighted by Crippen LogP contribution is 2.40. The van der Waals surface area contributed by atoms with Gasteiger partial charge in [0.2, 0.25) is 5.95 Å². The van der Waals surface area contributed by atoms with Crippen LogP contribution in [0.1, 0.15) is 34.9 Å². The Hall–Kier alpha value is -2.18. The molecule has 1 saturated carbocycles. The molecule has 7 nitrogen and oxygen atoms in total. The Morgan fingerprint density at radius 3 is 3.00 bits per heavy atom. The van der Waals surface area contributed by atoms with E-state index in [0.717, 1.165) is 18.5 Å². The van der Waals surface area contributed by atoms with Gasteiger partial charge in [0.25, 0.3) is 0 Å². The minimum atomic E-state index is -0.440. The highest BCUT2D eigenvalue weighted by molar-refractivity contribution is 5.87.